The molecule has 0 saturated heterocycles. The van der Waals surface area contributed by atoms with Crippen LogP contribution in [0.3, 0.4) is 0 Å². The van der Waals surface area contributed by atoms with Gasteiger partial charge in [0.15, 0.2) is 12.4 Å². The molecular weight excluding hydrogens is 309 g/mol. The molecule has 0 saturated carbocycles. The fraction of sp³-hybridized carbons (Fsp3) is 0.263. The Balaban J connectivity index is 1.73. The maximum atomic E-state index is 14.1. The summed E-state index contributed by atoms with van der Waals surface area (Å²) < 4.78 is 19.6. The number of hydrogen-bond acceptors (Lipinski definition) is 3. The third kappa shape index (κ3) is 3.30. The third-order valence-electron chi connectivity index (χ3n) is 4.07. The van der Waals surface area contributed by atoms with Crippen LogP contribution in [0.15, 0.2) is 42.5 Å². The lowest BCUT2D eigenvalue weighted by Gasteiger charge is -2.29. The highest BCUT2D eigenvalue weighted by Crippen LogP contribution is 2.30. The first-order valence-corrected chi connectivity index (χ1v) is 7.88. The molecule has 0 unspecified atom stereocenters. The van der Waals surface area contributed by atoms with E-state index in [2.05, 4.69) is 0 Å². The number of amides is 1. The van der Waals surface area contributed by atoms with Crippen LogP contribution in [0, 0.1) is 5.82 Å². The van der Waals surface area contributed by atoms with Gasteiger partial charge in [0.25, 0.3) is 5.91 Å². The molecule has 4 nitrogen and oxygen atoms in total. The van der Waals surface area contributed by atoms with E-state index in [0.29, 0.717) is 23.5 Å². The van der Waals surface area contributed by atoms with E-state index in [4.69, 9.17) is 4.74 Å². The summed E-state index contributed by atoms with van der Waals surface area (Å²) in [6.07, 6.45) is 1.56. The molecule has 1 amide bonds. The highest BCUT2D eigenvalue weighted by molar-refractivity contribution is 5.96. The van der Waals surface area contributed by atoms with Gasteiger partial charge in [-0.2, -0.15) is 0 Å². The van der Waals surface area contributed by atoms with Crippen molar-refractivity contribution in [2.75, 3.05) is 18.1 Å². The zero-order valence-electron chi connectivity index (χ0n) is 13.4. The lowest BCUT2D eigenvalue weighted by atomic mass is 10.0. The standard InChI is InChI=1S/C19H18FNO3/c1-13(22)15-6-2-8-16(11-15)24-12-18(23)21-10-4-7-14-5-3-9-17(20)19(14)21/h2-3,5-6,8-9,11H,4,7,10,12H2,1H3. The number of rotatable bonds is 4. The molecule has 1 heterocycles. The van der Waals surface area contributed by atoms with Crippen molar-refractivity contribution in [1.82, 2.24) is 0 Å². The number of nitrogens with zero attached hydrogens (tertiary/aromatic N) is 1. The molecule has 5 heteroatoms. The van der Waals surface area contributed by atoms with E-state index in [0.717, 1.165) is 18.4 Å². The zero-order chi connectivity index (χ0) is 17.1. The predicted octanol–water partition coefficient (Wildman–Crippen LogP) is 3.39. The van der Waals surface area contributed by atoms with Gasteiger partial charge < -0.3 is 9.64 Å². The number of carbonyl (C=O) groups is 2. The Morgan fingerprint density at radius 2 is 2.00 bits per heavy atom. The number of ketones is 1. The summed E-state index contributed by atoms with van der Waals surface area (Å²) in [5, 5.41) is 0. The van der Waals surface area contributed by atoms with Crippen molar-refractivity contribution in [3.63, 3.8) is 0 Å². The number of aryl methyl sites for hydroxylation is 1. The van der Waals surface area contributed by atoms with Crippen LogP contribution in [-0.4, -0.2) is 24.8 Å². The average Bonchev–Trinajstić information content (AvgIpc) is 2.59. The first-order chi connectivity index (χ1) is 11.6. The molecule has 0 N–H and O–H groups in total. The summed E-state index contributed by atoms with van der Waals surface area (Å²) in [6.45, 7) is 1.75. The quantitative estimate of drug-likeness (QED) is 0.809. The van der Waals surface area contributed by atoms with Gasteiger partial charge in [-0.15, -0.1) is 0 Å². The second-order valence-electron chi connectivity index (χ2n) is 5.77. The van der Waals surface area contributed by atoms with Crippen molar-refractivity contribution < 1.29 is 18.7 Å². The average molecular weight is 327 g/mol. The van der Waals surface area contributed by atoms with E-state index in [1.165, 1.54) is 17.9 Å². The van der Waals surface area contributed by atoms with Gasteiger partial charge in [0.1, 0.15) is 11.6 Å². The van der Waals surface area contributed by atoms with Gasteiger partial charge in [-0.05, 0) is 43.5 Å². The molecule has 0 bridgehead atoms. The van der Waals surface area contributed by atoms with Gasteiger partial charge in [0.05, 0.1) is 5.69 Å². The number of carbonyl (C=O) groups excluding carboxylic acids is 2. The van der Waals surface area contributed by atoms with Crippen molar-refractivity contribution in [3.05, 3.63) is 59.4 Å². The minimum absolute atomic E-state index is 0.0706. The molecule has 1 aliphatic heterocycles. The number of para-hydroxylation sites is 1. The van der Waals surface area contributed by atoms with E-state index >= 15 is 0 Å². The molecule has 0 aliphatic carbocycles. The van der Waals surface area contributed by atoms with Gasteiger partial charge >= 0.3 is 0 Å². The fourth-order valence-electron chi connectivity index (χ4n) is 2.88. The smallest absolute Gasteiger partial charge is 0.265 e. The second-order valence-corrected chi connectivity index (χ2v) is 5.77. The minimum atomic E-state index is -0.390. The molecule has 0 aromatic heterocycles. The molecule has 0 spiro atoms. The van der Waals surface area contributed by atoms with Crippen LogP contribution < -0.4 is 9.64 Å². The molecule has 1 aliphatic rings. The van der Waals surface area contributed by atoms with Crippen LogP contribution in [0.4, 0.5) is 10.1 Å². The third-order valence-corrected chi connectivity index (χ3v) is 4.07. The predicted molar refractivity (Wildman–Crippen MR) is 89.0 cm³/mol. The first-order valence-electron chi connectivity index (χ1n) is 7.88. The van der Waals surface area contributed by atoms with E-state index in [9.17, 15) is 14.0 Å². The molecular formula is C19H18FNO3. The number of halogens is 1. The van der Waals surface area contributed by atoms with Gasteiger partial charge in [0.2, 0.25) is 0 Å². The number of ether oxygens (including phenoxy) is 1. The maximum absolute atomic E-state index is 14.1. The van der Waals surface area contributed by atoms with Gasteiger partial charge in [-0.3, -0.25) is 9.59 Å². The van der Waals surface area contributed by atoms with Gasteiger partial charge in [0, 0.05) is 12.1 Å². The lowest BCUT2D eigenvalue weighted by Crippen LogP contribution is -2.39. The Labute approximate surface area is 139 Å². The topological polar surface area (TPSA) is 46.6 Å². The van der Waals surface area contributed by atoms with Crippen LogP contribution in [0.25, 0.3) is 0 Å². The summed E-state index contributed by atoms with van der Waals surface area (Å²) >= 11 is 0. The lowest BCUT2D eigenvalue weighted by molar-refractivity contribution is -0.120. The van der Waals surface area contributed by atoms with Crippen LogP contribution >= 0.6 is 0 Å². The monoisotopic (exact) mass is 327 g/mol. The number of fused-ring (bicyclic) bond motifs is 1. The van der Waals surface area contributed by atoms with Crippen molar-refractivity contribution in [2.24, 2.45) is 0 Å². The normalized spacial score (nSPS) is 13.3. The first kappa shape index (κ1) is 16.2. The molecule has 3 rings (SSSR count). The molecule has 24 heavy (non-hydrogen) atoms. The summed E-state index contributed by atoms with van der Waals surface area (Å²) in [7, 11) is 0. The number of anilines is 1. The van der Waals surface area contributed by atoms with E-state index < -0.39 is 0 Å². The molecule has 0 fully saturated rings. The van der Waals surface area contributed by atoms with Gasteiger partial charge in [-0.1, -0.05) is 24.3 Å². The highest BCUT2D eigenvalue weighted by Gasteiger charge is 2.25. The summed E-state index contributed by atoms with van der Waals surface area (Å²) in [5.74, 6) is -0.311. The molecule has 0 atom stereocenters. The Bertz CT molecular complexity index is 788. The molecule has 0 radical (unpaired) electrons. The van der Waals surface area contributed by atoms with E-state index in [1.807, 2.05) is 6.07 Å². The van der Waals surface area contributed by atoms with Crippen molar-refractivity contribution in [2.45, 2.75) is 19.8 Å². The molecule has 2 aromatic carbocycles. The Morgan fingerprint density at radius 1 is 1.21 bits per heavy atom. The molecule has 2 aromatic rings. The minimum Gasteiger partial charge on any atom is -0.484 e. The maximum Gasteiger partial charge on any atom is 0.265 e. The Morgan fingerprint density at radius 3 is 2.79 bits per heavy atom. The van der Waals surface area contributed by atoms with Crippen LogP contribution in [0.5, 0.6) is 5.75 Å². The van der Waals surface area contributed by atoms with E-state index in [1.54, 1.807) is 30.3 Å². The van der Waals surface area contributed by atoms with Crippen molar-refractivity contribution >= 4 is 17.4 Å². The van der Waals surface area contributed by atoms with Crippen LogP contribution in [0.2, 0.25) is 0 Å². The summed E-state index contributed by atoms with van der Waals surface area (Å²) in [5.41, 5.74) is 1.72. The molecule has 124 valence electrons. The van der Waals surface area contributed by atoms with E-state index in [-0.39, 0.29) is 24.1 Å². The number of hydrogen-bond donors (Lipinski definition) is 0. The Kier molecular flexibility index (Phi) is 4.60. The van der Waals surface area contributed by atoms with Crippen LogP contribution in [0.1, 0.15) is 29.3 Å². The SMILES string of the molecule is CC(=O)c1cccc(OCC(=O)N2CCCc3cccc(F)c32)c1. The Hall–Kier alpha value is -2.69. The number of benzene rings is 2. The number of Topliss-reactive ketones (excluding diaryl/α,β-unsaturated/α-hetero) is 1. The van der Waals surface area contributed by atoms with Crippen LogP contribution in [-0.2, 0) is 11.2 Å². The summed E-state index contributed by atoms with van der Waals surface area (Å²) in [4.78, 5) is 25.3. The summed E-state index contributed by atoms with van der Waals surface area (Å²) in [6, 6.07) is 11.5. The zero-order valence-corrected chi connectivity index (χ0v) is 13.4. The highest BCUT2D eigenvalue weighted by atomic mass is 19.1. The van der Waals surface area contributed by atoms with Crippen molar-refractivity contribution in [3.8, 4) is 5.75 Å². The second kappa shape index (κ2) is 6.83. The van der Waals surface area contributed by atoms with Gasteiger partial charge in [-0.25, -0.2) is 4.39 Å². The fourth-order valence-corrected chi connectivity index (χ4v) is 2.88. The largest absolute Gasteiger partial charge is 0.484 e. The van der Waals surface area contributed by atoms with Crippen molar-refractivity contribution in [1.29, 1.82) is 0 Å².